The molecule has 1 N–H and O–H groups in total. The van der Waals surface area contributed by atoms with Crippen molar-refractivity contribution < 1.29 is 19.1 Å². The number of likely N-dealkylation sites (tertiary alicyclic amines) is 1. The number of piperidine rings is 1. The molecule has 4 aliphatic rings. The molecule has 9 heteroatoms. The Labute approximate surface area is 252 Å². The molecule has 0 radical (unpaired) electrons. The predicted molar refractivity (Wildman–Crippen MR) is 165 cm³/mol. The minimum absolute atomic E-state index is 0.0213. The standard InChI is InChI=1S/C33H42N4O4S/c38-29(37-14-9-25(10-15-37)22-28-5-3-20-42-28)8-7-26-21-27-23-33(32(39)35-31(27)34-24-26)11-16-36(17-12-33)13-4-19-41-30-6-1-2-18-40-30/h3,5,7-9,20-21,24,30H,1-2,4,6,10-19,22-23H2,(H,34,35,39). The van der Waals surface area contributed by atoms with E-state index in [1.54, 1.807) is 23.6 Å². The molecule has 1 unspecified atom stereocenters. The van der Waals surface area contributed by atoms with Gasteiger partial charge in [0.25, 0.3) is 0 Å². The number of fused-ring (bicyclic) bond motifs is 1. The van der Waals surface area contributed by atoms with Crippen LogP contribution in [0.4, 0.5) is 5.82 Å². The van der Waals surface area contributed by atoms with E-state index in [-0.39, 0.29) is 18.1 Å². The third kappa shape index (κ3) is 7.19. The Hall–Kier alpha value is -2.85. The smallest absolute Gasteiger partial charge is 0.246 e. The summed E-state index contributed by atoms with van der Waals surface area (Å²) in [5.41, 5.74) is 2.96. The van der Waals surface area contributed by atoms with Crippen LogP contribution in [0.1, 0.15) is 60.9 Å². The summed E-state index contributed by atoms with van der Waals surface area (Å²) in [7, 11) is 0. The van der Waals surface area contributed by atoms with Crippen LogP contribution in [-0.2, 0) is 31.9 Å². The molecular weight excluding hydrogens is 548 g/mol. The minimum atomic E-state index is -0.392. The van der Waals surface area contributed by atoms with Gasteiger partial charge in [0.1, 0.15) is 5.82 Å². The molecule has 2 aromatic heterocycles. The summed E-state index contributed by atoms with van der Waals surface area (Å²) in [4.78, 5) is 36.3. The monoisotopic (exact) mass is 590 g/mol. The van der Waals surface area contributed by atoms with Gasteiger partial charge in [-0.15, -0.1) is 11.3 Å². The molecule has 6 rings (SSSR count). The van der Waals surface area contributed by atoms with Gasteiger partial charge in [0.05, 0.1) is 12.0 Å². The lowest BCUT2D eigenvalue weighted by Crippen LogP contribution is -2.50. The molecule has 2 aromatic rings. The first-order valence-corrected chi connectivity index (χ1v) is 16.4. The molecule has 2 amide bonds. The van der Waals surface area contributed by atoms with Crippen molar-refractivity contribution in [3.8, 4) is 0 Å². The van der Waals surface area contributed by atoms with E-state index < -0.39 is 5.41 Å². The van der Waals surface area contributed by atoms with Gasteiger partial charge in [-0.2, -0.15) is 0 Å². The largest absolute Gasteiger partial charge is 0.353 e. The van der Waals surface area contributed by atoms with E-state index in [9.17, 15) is 9.59 Å². The highest BCUT2D eigenvalue weighted by atomic mass is 32.1. The van der Waals surface area contributed by atoms with E-state index >= 15 is 0 Å². The lowest BCUT2D eigenvalue weighted by atomic mass is 9.71. The van der Waals surface area contributed by atoms with E-state index in [0.717, 1.165) is 95.5 Å². The van der Waals surface area contributed by atoms with E-state index in [4.69, 9.17) is 9.47 Å². The second kappa shape index (κ2) is 13.6. The predicted octanol–water partition coefficient (Wildman–Crippen LogP) is 5.07. The highest BCUT2D eigenvalue weighted by Crippen LogP contribution is 2.41. The van der Waals surface area contributed by atoms with Crippen LogP contribution in [0, 0.1) is 5.41 Å². The van der Waals surface area contributed by atoms with Crippen LogP contribution in [0.3, 0.4) is 0 Å². The molecule has 1 spiro atoms. The number of anilines is 1. The normalized spacial score (nSPS) is 22.7. The fraction of sp³-hybridized carbons (Fsp3) is 0.545. The van der Waals surface area contributed by atoms with Crippen molar-refractivity contribution in [1.82, 2.24) is 14.8 Å². The van der Waals surface area contributed by atoms with Crippen LogP contribution in [0.2, 0.25) is 0 Å². The van der Waals surface area contributed by atoms with Gasteiger partial charge in [0.2, 0.25) is 11.8 Å². The van der Waals surface area contributed by atoms with Gasteiger partial charge >= 0.3 is 0 Å². The van der Waals surface area contributed by atoms with Gasteiger partial charge in [0.15, 0.2) is 6.29 Å². The van der Waals surface area contributed by atoms with Gasteiger partial charge in [-0.05, 0) is 99.2 Å². The number of nitrogens with zero attached hydrogens (tertiary/aromatic N) is 3. The molecule has 2 fully saturated rings. The first-order chi connectivity index (χ1) is 20.6. The van der Waals surface area contributed by atoms with Crippen LogP contribution in [0.15, 0.2) is 47.5 Å². The zero-order valence-electron chi connectivity index (χ0n) is 24.4. The molecule has 0 saturated carbocycles. The number of carbonyl (C=O) groups excluding carboxylic acids is 2. The van der Waals surface area contributed by atoms with Crippen molar-refractivity contribution in [3.63, 3.8) is 0 Å². The van der Waals surface area contributed by atoms with Crippen molar-refractivity contribution in [1.29, 1.82) is 0 Å². The average molecular weight is 591 g/mol. The number of ether oxygens (including phenoxy) is 2. The number of amides is 2. The van der Waals surface area contributed by atoms with Crippen LogP contribution in [-0.4, -0.2) is 78.8 Å². The lowest BCUT2D eigenvalue weighted by molar-refractivity contribution is -0.163. The molecule has 1 atom stereocenters. The van der Waals surface area contributed by atoms with Crippen molar-refractivity contribution in [2.24, 2.45) is 5.41 Å². The zero-order chi connectivity index (χ0) is 28.8. The number of thiophene rings is 1. The number of rotatable bonds is 9. The summed E-state index contributed by atoms with van der Waals surface area (Å²) in [5.74, 6) is 0.765. The number of carbonyl (C=O) groups is 2. The van der Waals surface area contributed by atoms with Crippen molar-refractivity contribution in [2.45, 2.75) is 64.1 Å². The minimum Gasteiger partial charge on any atom is -0.353 e. The number of hydrogen-bond donors (Lipinski definition) is 1. The van der Waals surface area contributed by atoms with Gasteiger partial charge in [-0.25, -0.2) is 4.98 Å². The molecule has 8 nitrogen and oxygen atoms in total. The topological polar surface area (TPSA) is 84.0 Å². The number of nitrogens with one attached hydrogen (secondary N) is 1. The van der Waals surface area contributed by atoms with Gasteiger partial charge < -0.3 is 24.6 Å². The summed E-state index contributed by atoms with van der Waals surface area (Å²) in [5, 5.41) is 5.19. The van der Waals surface area contributed by atoms with E-state index in [2.05, 4.69) is 44.9 Å². The maximum absolute atomic E-state index is 13.2. The van der Waals surface area contributed by atoms with E-state index in [1.807, 2.05) is 11.0 Å². The molecule has 0 bridgehead atoms. The Bertz CT molecular complexity index is 1290. The van der Waals surface area contributed by atoms with Gasteiger partial charge in [0, 0.05) is 49.8 Å². The Balaban J connectivity index is 0.986. The SMILES string of the molecule is O=C(C=Cc1cnc2c(c1)CC1(CCN(CCCOC3CCCCO3)CC1)C(=O)N2)N1CC=C(Cc2cccs2)CC1. The number of hydrogen-bond acceptors (Lipinski definition) is 7. The van der Waals surface area contributed by atoms with Crippen molar-refractivity contribution in [3.05, 3.63) is 63.5 Å². The summed E-state index contributed by atoms with van der Waals surface area (Å²) in [6, 6.07) is 6.34. The molecular formula is C33H42N4O4S. The maximum atomic E-state index is 13.2. The fourth-order valence-electron chi connectivity index (χ4n) is 6.49. The first-order valence-electron chi connectivity index (χ1n) is 15.5. The fourth-order valence-corrected chi connectivity index (χ4v) is 7.25. The van der Waals surface area contributed by atoms with Crippen LogP contribution >= 0.6 is 11.3 Å². The van der Waals surface area contributed by atoms with Crippen LogP contribution in [0.25, 0.3) is 6.08 Å². The van der Waals surface area contributed by atoms with Gasteiger partial charge in [-0.1, -0.05) is 17.7 Å². The first kappa shape index (κ1) is 29.2. The highest BCUT2D eigenvalue weighted by Gasteiger charge is 2.44. The Morgan fingerprint density at radius 1 is 1.26 bits per heavy atom. The second-order valence-corrected chi connectivity index (χ2v) is 13.1. The summed E-state index contributed by atoms with van der Waals surface area (Å²) < 4.78 is 11.5. The van der Waals surface area contributed by atoms with E-state index in [0.29, 0.717) is 18.8 Å². The highest BCUT2D eigenvalue weighted by molar-refractivity contribution is 7.09. The Kier molecular flexibility index (Phi) is 9.49. The van der Waals surface area contributed by atoms with E-state index in [1.165, 1.54) is 16.9 Å². The average Bonchev–Trinajstić information content (AvgIpc) is 3.54. The molecule has 224 valence electrons. The summed E-state index contributed by atoms with van der Waals surface area (Å²) in [6.07, 6.45) is 16.0. The molecule has 6 heterocycles. The van der Waals surface area contributed by atoms with Crippen molar-refractivity contribution >= 4 is 35.0 Å². The molecule has 42 heavy (non-hydrogen) atoms. The maximum Gasteiger partial charge on any atom is 0.246 e. The third-order valence-corrected chi connectivity index (χ3v) is 9.99. The second-order valence-electron chi connectivity index (χ2n) is 12.0. The zero-order valence-corrected chi connectivity index (χ0v) is 25.2. The summed E-state index contributed by atoms with van der Waals surface area (Å²) >= 11 is 1.78. The number of pyridine rings is 1. The lowest BCUT2D eigenvalue weighted by Gasteiger charge is -2.43. The molecule has 4 aliphatic heterocycles. The Morgan fingerprint density at radius 3 is 2.93 bits per heavy atom. The number of aromatic nitrogens is 1. The summed E-state index contributed by atoms with van der Waals surface area (Å²) in [6.45, 7) is 5.72. The van der Waals surface area contributed by atoms with Crippen LogP contribution in [0.5, 0.6) is 0 Å². The molecule has 2 saturated heterocycles. The van der Waals surface area contributed by atoms with Gasteiger partial charge in [-0.3, -0.25) is 9.59 Å². The molecule has 0 aliphatic carbocycles. The molecule has 0 aromatic carbocycles. The van der Waals surface area contributed by atoms with Crippen LogP contribution < -0.4 is 5.32 Å². The Morgan fingerprint density at radius 2 is 2.17 bits per heavy atom. The third-order valence-electron chi connectivity index (χ3n) is 9.12. The quantitative estimate of drug-likeness (QED) is 0.250. The van der Waals surface area contributed by atoms with Crippen molar-refractivity contribution in [2.75, 3.05) is 51.3 Å².